The maximum absolute atomic E-state index is 10.9. The maximum Gasteiger partial charge on any atom is 0.335 e. The van der Waals surface area contributed by atoms with Gasteiger partial charge in [-0.15, -0.1) is 0 Å². The Bertz CT molecular complexity index is 679. The largest absolute Gasteiger partial charge is 0.507 e. The quantitative estimate of drug-likeness (QED) is 0.783. The summed E-state index contributed by atoms with van der Waals surface area (Å²) in [7, 11) is 0. The van der Waals surface area contributed by atoms with E-state index in [1.807, 2.05) is 12.1 Å². The fourth-order valence-corrected chi connectivity index (χ4v) is 2.68. The molecule has 1 heterocycles. The van der Waals surface area contributed by atoms with E-state index in [0.29, 0.717) is 5.56 Å². The number of hydrogen-bond donors (Lipinski definition) is 3. The lowest BCUT2D eigenvalue weighted by Crippen LogP contribution is -2.24. The van der Waals surface area contributed by atoms with Gasteiger partial charge in [0, 0.05) is 12.1 Å². The first-order valence-corrected chi connectivity index (χ1v) is 6.55. The highest BCUT2D eigenvalue weighted by Gasteiger charge is 2.16. The van der Waals surface area contributed by atoms with E-state index in [4.69, 9.17) is 5.11 Å². The molecule has 0 bridgehead atoms. The normalized spacial score (nSPS) is 13.8. The fraction of sp³-hybridized carbons (Fsp3) is 0.188. The van der Waals surface area contributed by atoms with Crippen molar-refractivity contribution >= 4 is 5.97 Å². The number of benzene rings is 2. The zero-order valence-corrected chi connectivity index (χ0v) is 10.9. The van der Waals surface area contributed by atoms with Crippen LogP contribution in [-0.2, 0) is 13.0 Å². The Hall–Kier alpha value is -2.33. The third kappa shape index (κ3) is 2.14. The Morgan fingerprint density at radius 3 is 2.75 bits per heavy atom. The van der Waals surface area contributed by atoms with Crippen molar-refractivity contribution in [3.05, 3.63) is 53.1 Å². The van der Waals surface area contributed by atoms with Gasteiger partial charge in [0.15, 0.2) is 0 Å². The van der Waals surface area contributed by atoms with E-state index in [1.54, 1.807) is 6.07 Å². The van der Waals surface area contributed by atoms with Gasteiger partial charge in [-0.05, 0) is 47.9 Å². The molecule has 0 amide bonds. The lowest BCUT2D eigenvalue weighted by Gasteiger charge is -2.21. The van der Waals surface area contributed by atoms with Crippen molar-refractivity contribution in [1.29, 1.82) is 0 Å². The first kappa shape index (κ1) is 12.7. The van der Waals surface area contributed by atoms with Gasteiger partial charge < -0.3 is 15.5 Å². The van der Waals surface area contributed by atoms with E-state index in [1.165, 1.54) is 23.3 Å². The molecule has 0 fully saturated rings. The first-order chi connectivity index (χ1) is 9.66. The summed E-state index contributed by atoms with van der Waals surface area (Å²) >= 11 is 0. The molecule has 4 nitrogen and oxygen atoms in total. The number of aromatic carboxylic acids is 1. The Balaban J connectivity index is 2.12. The van der Waals surface area contributed by atoms with Crippen molar-refractivity contribution in [3.8, 4) is 16.9 Å². The molecule has 0 radical (unpaired) electrons. The number of rotatable bonds is 2. The van der Waals surface area contributed by atoms with Crippen LogP contribution in [0.4, 0.5) is 0 Å². The molecular formula is C16H15NO3. The summed E-state index contributed by atoms with van der Waals surface area (Å²) in [5.74, 6) is -1.03. The zero-order chi connectivity index (χ0) is 14.1. The molecule has 0 aromatic heterocycles. The molecule has 102 valence electrons. The summed E-state index contributed by atoms with van der Waals surface area (Å²) in [6.07, 6.45) is 0.908. The predicted octanol–water partition coefficient (Wildman–Crippen LogP) is 2.40. The molecular weight excluding hydrogens is 254 g/mol. The van der Waals surface area contributed by atoms with Gasteiger partial charge in [-0.2, -0.15) is 0 Å². The number of carboxylic acids is 1. The van der Waals surface area contributed by atoms with Crippen LogP contribution in [0, 0.1) is 0 Å². The van der Waals surface area contributed by atoms with E-state index in [9.17, 15) is 9.90 Å². The Kier molecular flexibility index (Phi) is 3.16. The molecule has 2 aromatic carbocycles. The molecule has 20 heavy (non-hydrogen) atoms. The third-order valence-corrected chi connectivity index (χ3v) is 3.68. The van der Waals surface area contributed by atoms with E-state index in [-0.39, 0.29) is 11.3 Å². The molecule has 1 aliphatic rings. The summed E-state index contributed by atoms with van der Waals surface area (Å²) in [4.78, 5) is 10.9. The summed E-state index contributed by atoms with van der Waals surface area (Å²) in [6.45, 7) is 1.75. The summed E-state index contributed by atoms with van der Waals surface area (Å²) in [6, 6.07) is 10.5. The number of carbonyl (C=O) groups is 1. The number of phenolic OH excluding ortho intramolecular Hbond substituents is 1. The SMILES string of the molecule is O=C(O)c1ccc(-c2cccc3c2CCNC3)c(O)c1. The summed E-state index contributed by atoms with van der Waals surface area (Å²) in [5, 5.41) is 22.4. The molecule has 2 aromatic rings. The van der Waals surface area contributed by atoms with E-state index < -0.39 is 5.97 Å². The second-order valence-corrected chi connectivity index (χ2v) is 4.91. The van der Waals surface area contributed by atoms with Crippen molar-refractivity contribution in [2.45, 2.75) is 13.0 Å². The zero-order valence-electron chi connectivity index (χ0n) is 10.9. The van der Waals surface area contributed by atoms with Crippen molar-refractivity contribution in [2.75, 3.05) is 6.54 Å². The van der Waals surface area contributed by atoms with Gasteiger partial charge >= 0.3 is 5.97 Å². The second-order valence-electron chi connectivity index (χ2n) is 4.91. The molecule has 0 atom stereocenters. The van der Waals surface area contributed by atoms with Crippen LogP contribution >= 0.6 is 0 Å². The third-order valence-electron chi connectivity index (χ3n) is 3.68. The van der Waals surface area contributed by atoms with E-state index >= 15 is 0 Å². The summed E-state index contributed by atoms with van der Waals surface area (Å²) < 4.78 is 0. The molecule has 0 unspecified atom stereocenters. The predicted molar refractivity (Wildman–Crippen MR) is 75.9 cm³/mol. The number of phenols is 1. The van der Waals surface area contributed by atoms with Crippen molar-refractivity contribution in [1.82, 2.24) is 5.32 Å². The number of aromatic hydroxyl groups is 1. The number of hydrogen-bond acceptors (Lipinski definition) is 3. The topological polar surface area (TPSA) is 69.6 Å². The highest BCUT2D eigenvalue weighted by molar-refractivity contribution is 5.90. The first-order valence-electron chi connectivity index (χ1n) is 6.55. The van der Waals surface area contributed by atoms with Crippen LogP contribution in [0.3, 0.4) is 0 Å². The van der Waals surface area contributed by atoms with E-state index in [2.05, 4.69) is 11.4 Å². The molecule has 0 aliphatic carbocycles. The standard InChI is InChI=1S/C16H15NO3/c18-15-8-10(16(19)20)4-5-14(15)13-3-1-2-11-9-17-7-6-12(11)13/h1-5,8,17-18H,6-7,9H2,(H,19,20). The van der Waals surface area contributed by atoms with Crippen LogP contribution in [0.5, 0.6) is 5.75 Å². The minimum atomic E-state index is -1.04. The van der Waals surface area contributed by atoms with Gasteiger partial charge in [0.1, 0.15) is 5.75 Å². The van der Waals surface area contributed by atoms with Crippen LogP contribution in [0.1, 0.15) is 21.5 Å². The lowest BCUT2D eigenvalue weighted by atomic mass is 9.90. The highest BCUT2D eigenvalue weighted by atomic mass is 16.4. The van der Waals surface area contributed by atoms with Gasteiger partial charge in [-0.25, -0.2) is 4.79 Å². The minimum Gasteiger partial charge on any atom is -0.507 e. The van der Waals surface area contributed by atoms with Crippen LogP contribution in [-0.4, -0.2) is 22.7 Å². The fourth-order valence-electron chi connectivity index (χ4n) is 2.68. The minimum absolute atomic E-state index is 0.0110. The van der Waals surface area contributed by atoms with Crippen molar-refractivity contribution in [3.63, 3.8) is 0 Å². The van der Waals surface area contributed by atoms with Gasteiger partial charge in [-0.1, -0.05) is 18.2 Å². The highest BCUT2D eigenvalue weighted by Crippen LogP contribution is 2.34. The molecule has 3 rings (SSSR count). The maximum atomic E-state index is 10.9. The number of nitrogens with one attached hydrogen (secondary N) is 1. The van der Waals surface area contributed by atoms with Crippen LogP contribution in [0.2, 0.25) is 0 Å². The Morgan fingerprint density at radius 2 is 2.00 bits per heavy atom. The van der Waals surface area contributed by atoms with Gasteiger partial charge in [-0.3, -0.25) is 0 Å². The number of fused-ring (bicyclic) bond motifs is 1. The molecule has 0 saturated carbocycles. The molecule has 4 heteroatoms. The summed E-state index contributed by atoms with van der Waals surface area (Å²) in [5.41, 5.74) is 4.23. The number of carboxylic acid groups (broad SMARTS) is 1. The van der Waals surface area contributed by atoms with Gasteiger partial charge in [0.05, 0.1) is 5.56 Å². The Labute approximate surface area is 116 Å². The lowest BCUT2D eigenvalue weighted by molar-refractivity contribution is 0.0696. The van der Waals surface area contributed by atoms with Crippen molar-refractivity contribution < 1.29 is 15.0 Å². The molecule has 1 aliphatic heterocycles. The van der Waals surface area contributed by atoms with Crippen LogP contribution in [0.15, 0.2) is 36.4 Å². The monoisotopic (exact) mass is 269 g/mol. The van der Waals surface area contributed by atoms with Crippen LogP contribution < -0.4 is 5.32 Å². The average Bonchev–Trinajstić information content (AvgIpc) is 2.46. The van der Waals surface area contributed by atoms with Gasteiger partial charge in [0.25, 0.3) is 0 Å². The average molecular weight is 269 g/mol. The van der Waals surface area contributed by atoms with Crippen LogP contribution in [0.25, 0.3) is 11.1 Å². The van der Waals surface area contributed by atoms with Gasteiger partial charge in [0.2, 0.25) is 0 Å². The Morgan fingerprint density at radius 1 is 1.15 bits per heavy atom. The molecule has 0 saturated heterocycles. The smallest absolute Gasteiger partial charge is 0.335 e. The second kappa shape index (κ2) is 4.98. The van der Waals surface area contributed by atoms with E-state index in [0.717, 1.165) is 25.1 Å². The molecule has 0 spiro atoms. The van der Waals surface area contributed by atoms with Crippen molar-refractivity contribution in [2.24, 2.45) is 0 Å². The molecule has 3 N–H and O–H groups in total.